The number of rotatable bonds is 2. The second kappa shape index (κ2) is 5.14. The van der Waals surface area contributed by atoms with Crippen molar-refractivity contribution in [3.8, 4) is 0 Å². The van der Waals surface area contributed by atoms with E-state index in [-0.39, 0.29) is 5.69 Å². The first-order chi connectivity index (χ1) is 8.58. The van der Waals surface area contributed by atoms with Crippen LogP contribution >= 0.6 is 0 Å². The largest absolute Gasteiger partial charge is 0.354 e. The van der Waals surface area contributed by atoms with Gasteiger partial charge in [0.2, 0.25) is 0 Å². The third kappa shape index (κ3) is 2.65. The van der Waals surface area contributed by atoms with Gasteiger partial charge in [-0.2, -0.15) is 0 Å². The van der Waals surface area contributed by atoms with Crippen molar-refractivity contribution in [1.29, 1.82) is 5.41 Å². The second-order valence-corrected chi connectivity index (χ2v) is 4.44. The van der Waals surface area contributed by atoms with Crippen LogP contribution in [0.2, 0.25) is 0 Å². The highest BCUT2D eigenvalue weighted by Crippen LogP contribution is 2.14. The smallest absolute Gasteiger partial charge is 0.269 e. The number of hydrogen-bond acceptors (Lipinski definition) is 4. The summed E-state index contributed by atoms with van der Waals surface area (Å²) >= 11 is 0. The molecule has 0 bridgehead atoms. The van der Waals surface area contributed by atoms with Gasteiger partial charge >= 0.3 is 0 Å². The molecule has 0 aromatic heterocycles. The van der Waals surface area contributed by atoms with Crippen LogP contribution in [0, 0.1) is 15.5 Å². The van der Waals surface area contributed by atoms with Gasteiger partial charge in [-0.25, -0.2) is 0 Å². The lowest BCUT2D eigenvalue weighted by Gasteiger charge is -2.34. The Hall–Kier alpha value is -1.95. The molecule has 1 aliphatic heterocycles. The van der Waals surface area contributed by atoms with Crippen LogP contribution in [0.4, 0.5) is 5.69 Å². The summed E-state index contributed by atoms with van der Waals surface area (Å²) in [4.78, 5) is 14.4. The normalized spacial score (nSPS) is 16.6. The zero-order chi connectivity index (χ0) is 13.1. The van der Waals surface area contributed by atoms with Crippen LogP contribution in [0.3, 0.4) is 0 Å². The summed E-state index contributed by atoms with van der Waals surface area (Å²) in [6, 6.07) is 6.16. The molecule has 6 nitrogen and oxygen atoms in total. The lowest BCUT2D eigenvalue weighted by Crippen LogP contribution is -2.47. The maximum absolute atomic E-state index is 10.6. The molecule has 0 unspecified atom stereocenters. The highest BCUT2D eigenvalue weighted by atomic mass is 16.6. The van der Waals surface area contributed by atoms with Crippen LogP contribution in [0.25, 0.3) is 0 Å². The molecule has 6 heteroatoms. The Balaban J connectivity index is 2.07. The third-order valence-corrected chi connectivity index (χ3v) is 3.17. The number of nitro groups is 1. The molecule has 0 saturated carbocycles. The summed E-state index contributed by atoms with van der Waals surface area (Å²) in [6.45, 7) is 3.53. The van der Waals surface area contributed by atoms with Crippen LogP contribution in [0.5, 0.6) is 0 Å². The van der Waals surface area contributed by atoms with E-state index in [4.69, 9.17) is 5.41 Å². The fraction of sp³-hybridized carbons (Fsp3) is 0.417. The van der Waals surface area contributed by atoms with Crippen molar-refractivity contribution in [2.24, 2.45) is 0 Å². The molecule has 0 amide bonds. The van der Waals surface area contributed by atoms with Gasteiger partial charge in [-0.05, 0) is 19.2 Å². The summed E-state index contributed by atoms with van der Waals surface area (Å²) in [5.41, 5.74) is 0.787. The third-order valence-electron chi connectivity index (χ3n) is 3.17. The zero-order valence-electron chi connectivity index (χ0n) is 10.3. The second-order valence-electron chi connectivity index (χ2n) is 4.44. The Kier molecular flexibility index (Phi) is 3.57. The summed E-state index contributed by atoms with van der Waals surface area (Å²) in [5, 5.41) is 18.7. The summed E-state index contributed by atoms with van der Waals surface area (Å²) in [5.74, 6) is 0.443. The summed E-state index contributed by atoms with van der Waals surface area (Å²) in [7, 11) is 2.06. The minimum atomic E-state index is -0.427. The molecule has 1 aliphatic rings. The van der Waals surface area contributed by atoms with Crippen molar-refractivity contribution in [1.82, 2.24) is 9.80 Å². The maximum Gasteiger partial charge on any atom is 0.269 e. The van der Waals surface area contributed by atoms with Crippen LogP contribution in [0.1, 0.15) is 5.56 Å². The predicted octanol–water partition coefficient (Wildman–Crippen LogP) is 1.17. The monoisotopic (exact) mass is 248 g/mol. The Morgan fingerprint density at radius 3 is 2.28 bits per heavy atom. The van der Waals surface area contributed by atoms with E-state index in [1.54, 1.807) is 12.1 Å². The SMILES string of the molecule is CN1CCN(C(=N)c2ccc([N+](=O)[O-])cc2)CC1. The number of benzene rings is 1. The van der Waals surface area contributed by atoms with Crippen molar-refractivity contribution in [3.63, 3.8) is 0 Å². The van der Waals surface area contributed by atoms with Crippen molar-refractivity contribution in [2.45, 2.75) is 0 Å². The van der Waals surface area contributed by atoms with Crippen molar-refractivity contribution in [2.75, 3.05) is 33.2 Å². The minimum absolute atomic E-state index is 0.0601. The van der Waals surface area contributed by atoms with E-state index < -0.39 is 4.92 Å². The molecule has 18 heavy (non-hydrogen) atoms. The van der Waals surface area contributed by atoms with Crippen LogP contribution in [0.15, 0.2) is 24.3 Å². The van der Waals surface area contributed by atoms with Gasteiger partial charge in [0.05, 0.1) is 4.92 Å². The molecule has 1 saturated heterocycles. The number of nitrogens with one attached hydrogen (secondary N) is 1. The molecule has 2 rings (SSSR count). The number of hydrogen-bond donors (Lipinski definition) is 1. The van der Waals surface area contributed by atoms with Gasteiger partial charge in [0, 0.05) is 43.9 Å². The number of amidine groups is 1. The van der Waals surface area contributed by atoms with Gasteiger partial charge < -0.3 is 9.80 Å². The van der Waals surface area contributed by atoms with Crippen molar-refractivity contribution in [3.05, 3.63) is 39.9 Å². The molecule has 1 N–H and O–H groups in total. The Morgan fingerprint density at radius 2 is 1.78 bits per heavy atom. The van der Waals surface area contributed by atoms with Gasteiger partial charge in [0.25, 0.3) is 5.69 Å². The van der Waals surface area contributed by atoms with Crippen molar-refractivity contribution >= 4 is 11.5 Å². The van der Waals surface area contributed by atoms with Crippen LogP contribution in [-0.2, 0) is 0 Å². The van der Waals surface area contributed by atoms with E-state index >= 15 is 0 Å². The average Bonchev–Trinajstić information content (AvgIpc) is 2.39. The topological polar surface area (TPSA) is 73.5 Å². The predicted molar refractivity (Wildman–Crippen MR) is 69.0 cm³/mol. The molecular weight excluding hydrogens is 232 g/mol. The highest BCUT2D eigenvalue weighted by molar-refractivity contribution is 5.96. The molecule has 0 spiro atoms. The molecule has 1 fully saturated rings. The van der Waals surface area contributed by atoms with Gasteiger partial charge in [-0.15, -0.1) is 0 Å². The van der Waals surface area contributed by atoms with E-state index in [0.29, 0.717) is 5.84 Å². The average molecular weight is 248 g/mol. The molecule has 0 atom stereocenters. The molecule has 0 radical (unpaired) electrons. The first kappa shape index (κ1) is 12.5. The van der Waals surface area contributed by atoms with Gasteiger partial charge in [0.1, 0.15) is 5.84 Å². The molecule has 96 valence electrons. The molecule has 1 aromatic carbocycles. The van der Waals surface area contributed by atoms with E-state index in [0.717, 1.165) is 31.7 Å². The molecule has 1 aromatic rings. The highest BCUT2D eigenvalue weighted by Gasteiger charge is 2.18. The van der Waals surface area contributed by atoms with Crippen LogP contribution in [-0.4, -0.2) is 53.8 Å². The number of piperazine rings is 1. The van der Waals surface area contributed by atoms with Gasteiger partial charge in [-0.3, -0.25) is 15.5 Å². The standard InChI is InChI=1S/C12H16N4O2/c1-14-6-8-15(9-7-14)12(13)10-2-4-11(5-3-10)16(17)18/h2-5,13H,6-9H2,1H3. The Bertz CT molecular complexity index is 450. The summed E-state index contributed by atoms with van der Waals surface area (Å²) < 4.78 is 0. The lowest BCUT2D eigenvalue weighted by atomic mass is 10.1. The minimum Gasteiger partial charge on any atom is -0.354 e. The number of nitrogens with zero attached hydrogens (tertiary/aromatic N) is 3. The van der Waals surface area contributed by atoms with E-state index in [9.17, 15) is 10.1 Å². The van der Waals surface area contributed by atoms with E-state index in [2.05, 4.69) is 11.9 Å². The van der Waals surface area contributed by atoms with Crippen LogP contribution < -0.4 is 0 Å². The first-order valence-corrected chi connectivity index (χ1v) is 5.85. The number of likely N-dealkylation sites (N-methyl/N-ethyl adjacent to an activating group) is 1. The summed E-state index contributed by atoms with van der Waals surface area (Å²) in [6.07, 6.45) is 0. The van der Waals surface area contributed by atoms with Gasteiger partial charge in [-0.1, -0.05) is 0 Å². The maximum atomic E-state index is 10.6. The quantitative estimate of drug-likeness (QED) is 0.369. The molecule has 0 aliphatic carbocycles. The lowest BCUT2D eigenvalue weighted by molar-refractivity contribution is -0.384. The molecular formula is C12H16N4O2. The van der Waals surface area contributed by atoms with Crippen molar-refractivity contribution < 1.29 is 4.92 Å². The van der Waals surface area contributed by atoms with E-state index in [1.165, 1.54) is 12.1 Å². The van der Waals surface area contributed by atoms with Gasteiger partial charge in [0.15, 0.2) is 0 Å². The first-order valence-electron chi connectivity index (χ1n) is 5.85. The Morgan fingerprint density at radius 1 is 1.22 bits per heavy atom. The fourth-order valence-corrected chi connectivity index (χ4v) is 1.95. The molecule has 1 heterocycles. The Labute approximate surface area is 105 Å². The number of nitro benzene ring substituents is 1. The fourth-order valence-electron chi connectivity index (χ4n) is 1.95. The number of non-ortho nitro benzene ring substituents is 1. The zero-order valence-corrected chi connectivity index (χ0v) is 10.3. The van der Waals surface area contributed by atoms with E-state index in [1.807, 2.05) is 4.90 Å².